The summed E-state index contributed by atoms with van der Waals surface area (Å²) in [7, 11) is 0. The number of thiophene rings is 1. The van der Waals surface area contributed by atoms with Crippen LogP contribution in [0.2, 0.25) is 0 Å². The molecule has 18 heavy (non-hydrogen) atoms. The minimum absolute atomic E-state index is 0.0547. The zero-order valence-corrected chi connectivity index (χ0v) is 12.3. The first kappa shape index (κ1) is 13.8. The Balaban J connectivity index is 1.80. The van der Waals surface area contributed by atoms with Crippen LogP contribution in [0.15, 0.2) is 22.0 Å². The van der Waals surface area contributed by atoms with Gasteiger partial charge in [-0.05, 0) is 53.8 Å². The topological polar surface area (TPSA) is 49.3 Å². The molecule has 0 saturated heterocycles. The van der Waals surface area contributed by atoms with Crippen LogP contribution in [0.3, 0.4) is 0 Å². The van der Waals surface area contributed by atoms with E-state index in [1.807, 2.05) is 17.5 Å². The Labute approximate surface area is 119 Å². The number of hydrogen-bond acceptors (Lipinski definition) is 3. The summed E-state index contributed by atoms with van der Waals surface area (Å²) in [6, 6.07) is 2.19. The number of aliphatic hydroxyl groups excluding tert-OH is 1. The molecule has 2 rings (SSSR count). The minimum atomic E-state index is -0.183. The molecule has 0 unspecified atom stereocenters. The van der Waals surface area contributed by atoms with Gasteiger partial charge in [0.15, 0.2) is 0 Å². The van der Waals surface area contributed by atoms with Crippen molar-refractivity contribution in [3.05, 3.63) is 26.9 Å². The maximum absolute atomic E-state index is 11.7. The van der Waals surface area contributed by atoms with Crippen LogP contribution in [-0.4, -0.2) is 23.2 Å². The van der Waals surface area contributed by atoms with E-state index in [1.165, 1.54) is 0 Å². The standard InChI is InChI=1S/C13H16BrNO2S/c14-9-7-12(18-8-9)5-6-13(17)15-10-1-3-11(16)4-2-10/h5-8,10-11,16H,1-4H2,(H,15,17). The molecule has 2 N–H and O–H groups in total. The van der Waals surface area contributed by atoms with E-state index in [0.29, 0.717) is 0 Å². The summed E-state index contributed by atoms with van der Waals surface area (Å²) in [4.78, 5) is 12.8. The molecule has 0 aliphatic heterocycles. The van der Waals surface area contributed by atoms with Crippen molar-refractivity contribution >= 4 is 39.2 Å². The van der Waals surface area contributed by atoms with Gasteiger partial charge in [0.05, 0.1) is 6.10 Å². The second kappa shape index (κ2) is 6.50. The van der Waals surface area contributed by atoms with Crippen molar-refractivity contribution in [1.29, 1.82) is 0 Å². The molecule has 0 atom stereocenters. The van der Waals surface area contributed by atoms with Crippen LogP contribution in [0.4, 0.5) is 0 Å². The van der Waals surface area contributed by atoms with Crippen molar-refractivity contribution < 1.29 is 9.90 Å². The molecular formula is C13H16BrNO2S. The van der Waals surface area contributed by atoms with Crippen LogP contribution in [0, 0.1) is 0 Å². The molecule has 1 fully saturated rings. The highest BCUT2D eigenvalue weighted by Crippen LogP contribution is 2.21. The molecule has 1 amide bonds. The third-order valence-electron chi connectivity index (χ3n) is 3.03. The lowest BCUT2D eigenvalue weighted by molar-refractivity contribution is -0.117. The molecule has 3 nitrogen and oxygen atoms in total. The van der Waals surface area contributed by atoms with Crippen molar-refractivity contribution in [2.45, 2.75) is 37.8 Å². The Morgan fingerprint density at radius 2 is 2.17 bits per heavy atom. The van der Waals surface area contributed by atoms with Gasteiger partial charge in [0.1, 0.15) is 0 Å². The molecule has 1 saturated carbocycles. The summed E-state index contributed by atoms with van der Waals surface area (Å²) in [6.45, 7) is 0. The first-order valence-corrected chi connectivity index (χ1v) is 7.71. The zero-order chi connectivity index (χ0) is 13.0. The first-order valence-electron chi connectivity index (χ1n) is 6.04. The van der Waals surface area contributed by atoms with Gasteiger partial charge in [0.2, 0.25) is 5.91 Å². The summed E-state index contributed by atoms with van der Waals surface area (Å²) in [6.07, 6.45) is 6.51. The summed E-state index contributed by atoms with van der Waals surface area (Å²) < 4.78 is 1.04. The Hall–Kier alpha value is -0.650. The SMILES string of the molecule is O=C(C=Cc1cc(Br)cs1)NC1CCC(O)CC1. The van der Waals surface area contributed by atoms with Crippen LogP contribution in [0.5, 0.6) is 0 Å². The van der Waals surface area contributed by atoms with Crippen molar-refractivity contribution in [2.24, 2.45) is 0 Å². The largest absolute Gasteiger partial charge is 0.393 e. The molecule has 98 valence electrons. The Morgan fingerprint density at radius 1 is 1.44 bits per heavy atom. The van der Waals surface area contributed by atoms with Crippen LogP contribution >= 0.6 is 27.3 Å². The molecule has 1 aromatic heterocycles. The second-order valence-electron chi connectivity index (χ2n) is 4.51. The van der Waals surface area contributed by atoms with E-state index in [9.17, 15) is 9.90 Å². The predicted molar refractivity (Wildman–Crippen MR) is 77.5 cm³/mol. The molecule has 0 aromatic carbocycles. The van der Waals surface area contributed by atoms with Crippen LogP contribution in [0.25, 0.3) is 6.08 Å². The lowest BCUT2D eigenvalue weighted by atomic mass is 9.93. The molecule has 1 aliphatic carbocycles. The van der Waals surface area contributed by atoms with E-state index in [1.54, 1.807) is 17.4 Å². The van der Waals surface area contributed by atoms with Gasteiger partial charge >= 0.3 is 0 Å². The van der Waals surface area contributed by atoms with Crippen molar-refractivity contribution in [3.63, 3.8) is 0 Å². The first-order chi connectivity index (χ1) is 8.63. The smallest absolute Gasteiger partial charge is 0.244 e. The molecule has 5 heteroatoms. The average Bonchev–Trinajstić information content (AvgIpc) is 2.76. The summed E-state index contributed by atoms with van der Waals surface area (Å²) in [5, 5.41) is 14.3. The van der Waals surface area contributed by atoms with Crippen LogP contribution in [-0.2, 0) is 4.79 Å². The average molecular weight is 330 g/mol. The van der Waals surface area contributed by atoms with Crippen LogP contribution in [0.1, 0.15) is 30.6 Å². The predicted octanol–water partition coefficient (Wildman–Crippen LogP) is 2.94. The van der Waals surface area contributed by atoms with Gasteiger partial charge in [-0.2, -0.15) is 0 Å². The third-order valence-corrected chi connectivity index (χ3v) is 4.69. The molecule has 1 aliphatic rings. The lowest BCUT2D eigenvalue weighted by Crippen LogP contribution is -2.37. The molecule has 0 radical (unpaired) electrons. The fourth-order valence-corrected chi connectivity index (χ4v) is 3.38. The highest BCUT2D eigenvalue weighted by molar-refractivity contribution is 9.10. The fraction of sp³-hybridized carbons (Fsp3) is 0.462. The van der Waals surface area contributed by atoms with Crippen LogP contribution < -0.4 is 5.32 Å². The van der Waals surface area contributed by atoms with Crippen molar-refractivity contribution in [2.75, 3.05) is 0 Å². The van der Waals surface area contributed by atoms with Gasteiger partial charge in [0.25, 0.3) is 0 Å². The normalized spacial score (nSPS) is 24.3. The van der Waals surface area contributed by atoms with Crippen molar-refractivity contribution in [1.82, 2.24) is 5.32 Å². The van der Waals surface area contributed by atoms with E-state index in [2.05, 4.69) is 21.2 Å². The Morgan fingerprint density at radius 3 is 2.78 bits per heavy atom. The number of hydrogen-bond donors (Lipinski definition) is 2. The van der Waals surface area contributed by atoms with Gasteiger partial charge in [-0.15, -0.1) is 11.3 Å². The van der Waals surface area contributed by atoms with Crippen molar-refractivity contribution in [3.8, 4) is 0 Å². The summed E-state index contributed by atoms with van der Waals surface area (Å²) in [5.41, 5.74) is 0. The van der Waals surface area contributed by atoms with Gasteiger partial charge in [-0.3, -0.25) is 4.79 Å². The number of nitrogens with one attached hydrogen (secondary N) is 1. The molecule has 1 aromatic rings. The highest BCUT2D eigenvalue weighted by Gasteiger charge is 2.19. The Bertz CT molecular complexity index is 436. The van der Waals surface area contributed by atoms with E-state index < -0.39 is 0 Å². The number of carbonyl (C=O) groups is 1. The number of amides is 1. The maximum Gasteiger partial charge on any atom is 0.244 e. The monoisotopic (exact) mass is 329 g/mol. The lowest BCUT2D eigenvalue weighted by Gasteiger charge is -2.25. The van der Waals surface area contributed by atoms with E-state index in [0.717, 1.165) is 35.0 Å². The van der Waals surface area contributed by atoms with E-state index in [4.69, 9.17) is 0 Å². The molecule has 1 heterocycles. The molecular weight excluding hydrogens is 314 g/mol. The quantitative estimate of drug-likeness (QED) is 0.837. The van der Waals surface area contributed by atoms with Gasteiger partial charge in [0, 0.05) is 26.8 Å². The van der Waals surface area contributed by atoms with E-state index in [-0.39, 0.29) is 18.1 Å². The highest BCUT2D eigenvalue weighted by atomic mass is 79.9. The van der Waals surface area contributed by atoms with E-state index >= 15 is 0 Å². The van der Waals surface area contributed by atoms with Gasteiger partial charge in [-0.25, -0.2) is 0 Å². The number of aliphatic hydroxyl groups is 1. The maximum atomic E-state index is 11.7. The third kappa shape index (κ3) is 4.23. The second-order valence-corrected chi connectivity index (χ2v) is 6.37. The van der Waals surface area contributed by atoms with Gasteiger partial charge < -0.3 is 10.4 Å². The minimum Gasteiger partial charge on any atom is -0.393 e. The summed E-state index contributed by atoms with van der Waals surface area (Å²) >= 11 is 4.97. The zero-order valence-electron chi connectivity index (χ0n) is 9.93. The number of rotatable bonds is 3. The molecule has 0 bridgehead atoms. The summed E-state index contributed by atoms with van der Waals surface area (Å²) in [5.74, 6) is -0.0547. The number of carbonyl (C=O) groups excluding carboxylic acids is 1. The Kier molecular flexibility index (Phi) is 4.97. The fourth-order valence-electron chi connectivity index (χ4n) is 2.04. The molecule has 0 spiro atoms. The van der Waals surface area contributed by atoms with Gasteiger partial charge in [-0.1, -0.05) is 0 Å². The number of halogens is 1.